The van der Waals surface area contributed by atoms with Gasteiger partial charge in [0.05, 0.1) is 0 Å². The highest BCUT2D eigenvalue weighted by molar-refractivity contribution is 5.86. The molecule has 0 amide bonds. The molecule has 0 radical (unpaired) electrons. The largest absolute Gasteiger partial charge is 0.481 e. The van der Waals surface area contributed by atoms with E-state index in [0.717, 1.165) is 25.7 Å². The number of Topliss-reactive ketones (excluding diaryl/α,β-unsaturated/α-hetero) is 1. The van der Waals surface area contributed by atoms with Crippen LogP contribution in [0.5, 0.6) is 0 Å². The van der Waals surface area contributed by atoms with Crippen molar-refractivity contribution in [3.05, 3.63) is 0 Å². The number of hydrogen-bond acceptors (Lipinski definition) is 2. The lowest BCUT2D eigenvalue weighted by Gasteiger charge is -2.61. The third-order valence-corrected chi connectivity index (χ3v) is 9.97. The summed E-state index contributed by atoms with van der Waals surface area (Å²) in [5.74, 6) is 2.63. The minimum Gasteiger partial charge on any atom is -0.481 e. The van der Waals surface area contributed by atoms with E-state index in [1.165, 1.54) is 38.5 Å². The molecule has 3 heteroatoms. The Balaban J connectivity index is 1.65. The van der Waals surface area contributed by atoms with Crippen LogP contribution in [0, 0.1) is 46.3 Å². The molecule has 0 heterocycles. The van der Waals surface area contributed by atoms with Crippen LogP contribution in [0.1, 0.15) is 91.4 Å². The summed E-state index contributed by atoms with van der Waals surface area (Å²) >= 11 is 0. The highest BCUT2D eigenvalue weighted by Crippen LogP contribution is 2.68. The van der Waals surface area contributed by atoms with Gasteiger partial charge in [-0.1, -0.05) is 33.6 Å². The van der Waals surface area contributed by atoms with E-state index in [2.05, 4.69) is 20.8 Å². The molecule has 3 nitrogen and oxygen atoms in total. The first-order valence-electron chi connectivity index (χ1n) is 11.6. The van der Waals surface area contributed by atoms with Crippen LogP contribution in [0.25, 0.3) is 0 Å². The molecule has 0 spiro atoms. The van der Waals surface area contributed by atoms with Gasteiger partial charge in [0.1, 0.15) is 5.78 Å². The molecule has 6 unspecified atom stereocenters. The molecule has 0 aliphatic heterocycles. The Hall–Kier alpha value is -0.860. The van der Waals surface area contributed by atoms with Crippen molar-refractivity contribution in [1.29, 1.82) is 0 Å². The van der Waals surface area contributed by atoms with E-state index in [1.807, 2.05) is 0 Å². The number of hydrogen-bond donors (Lipinski definition) is 1. The number of carbonyl (C=O) groups is 2. The predicted octanol–water partition coefficient (Wildman–Crippen LogP) is 5.72. The van der Waals surface area contributed by atoms with Crippen molar-refractivity contribution in [2.75, 3.05) is 0 Å². The molecule has 4 aliphatic carbocycles. The van der Waals surface area contributed by atoms with Gasteiger partial charge in [-0.2, -0.15) is 0 Å². The zero-order valence-corrected chi connectivity index (χ0v) is 17.5. The molecule has 27 heavy (non-hydrogen) atoms. The van der Waals surface area contributed by atoms with E-state index in [4.69, 9.17) is 5.11 Å². The van der Waals surface area contributed by atoms with Crippen molar-refractivity contribution in [2.24, 2.45) is 46.3 Å². The Bertz CT molecular complexity index is 613. The lowest BCUT2D eigenvalue weighted by molar-refractivity contribution is -0.167. The van der Waals surface area contributed by atoms with E-state index < -0.39 is 5.97 Å². The molecule has 0 saturated heterocycles. The minimum absolute atomic E-state index is 0.183. The highest BCUT2D eigenvalue weighted by atomic mass is 16.4. The summed E-state index contributed by atoms with van der Waals surface area (Å²) in [5.41, 5.74) is 0.542. The number of carbonyl (C=O) groups excluding carboxylic acids is 1. The maximum absolute atomic E-state index is 13.8. The highest BCUT2D eigenvalue weighted by Gasteiger charge is 2.64. The second kappa shape index (κ2) is 6.88. The van der Waals surface area contributed by atoms with Crippen LogP contribution in [0.15, 0.2) is 0 Å². The Morgan fingerprint density at radius 2 is 1.74 bits per heavy atom. The summed E-state index contributed by atoms with van der Waals surface area (Å²) in [7, 11) is 0. The number of ketones is 1. The zero-order chi connectivity index (χ0) is 19.4. The van der Waals surface area contributed by atoms with Crippen molar-refractivity contribution in [2.45, 2.75) is 91.4 Å². The van der Waals surface area contributed by atoms with Crippen LogP contribution >= 0.6 is 0 Å². The second-order valence-corrected chi connectivity index (χ2v) is 10.8. The molecule has 0 aromatic heterocycles. The van der Waals surface area contributed by atoms with Gasteiger partial charge < -0.3 is 5.11 Å². The Morgan fingerprint density at radius 1 is 1.00 bits per heavy atom. The molecule has 0 bridgehead atoms. The standard InChI is InChI=1S/C24H38O3/c1-4-16-17-7-5-6-13-24(17,3)19-12-14-23(2)15(9-11-20(25)26)8-10-18(23)21(19)22(16)27/h15-19,21H,4-14H2,1-3H3,(H,25,26)/t15?,16-,17?,18?,19+,21?,23?,24?/m1/s1. The fraction of sp³-hybridized carbons (Fsp3) is 0.917. The van der Waals surface area contributed by atoms with E-state index >= 15 is 0 Å². The van der Waals surface area contributed by atoms with Gasteiger partial charge in [0.15, 0.2) is 0 Å². The van der Waals surface area contributed by atoms with E-state index in [-0.39, 0.29) is 23.7 Å². The first-order chi connectivity index (χ1) is 12.8. The lowest BCUT2D eigenvalue weighted by Crippen LogP contribution is -2.59. The summed E-state index contributed by atoms with van der Waals surface area (Å²) in [5, 5.41) is 9.16. The molecular formula is C24H38O3. The average Bonchev–Trinajstić information content (AvgIpc) is 2.97. The summed E-state index contributed by atoms with van der Waals surface area (Å²) in [6, 6.07) is 0. The smallest absolute Gasteiger partial charge is 0.303 e. The summed E-state index contributed by atoms with van der Waals surface area (Å²) < 4.78 is 0. The van der Waals surface area contributed by atoms with Crippen molar-refractivity contribution in [1.82, 2.24) is 0 Å². The summed E-state index contributed by atoms with van der Waals surface area (Å²) in [6.45, 7) is 7.16. The molecule has 0 aromatic carbocycles. The number of carboxylic acids is 1. The van der Waals surface area contributed by atoms with Crippen molar-refractivity contribution >= 4 is 11.8 Å². The molecule has 1 N–H and O–H groups in total. The Labute approximate surface area is 164 Å². The van der Waals surface area contributed by atoms with Gasteiger partial charge in [-0.15, -0.1) is 0 Å². The molecule has 0 aromatic rings. The average molecular weight is 375 g/mol. The Kier molecular flexibility index (Phi) is 4.96. The van der Waals surface area contributed by atoms with Gasteiger partial charge in [0.2, 0.25) is 0 Å². The van der Waals surface area contributed by atoms with Crippen LogP contribution in [0.2, 0.25) is 0 Å². The summed E-state index contributed by atoms with van der Waals surface area (Å²) in [6.07, 6.45) is 12.0. The number of rotatable bonds is 4. The van der Waals surface area contributed by atoms with E-state index in [9.17, 15) is 9.59 Å². The number of carboxylic acid groups (broad SMARTS) is 1. The SMILES string of the molecule is CC[C@H]1C(=O)C2C3CCC(CCC(=O)O)C3(C)CC[C@@H]2C2(C)CCCCC12. The van der Waals surface area contributed by atoms with Crippen molar-refractivity contribution in [3.63, 3.8) is 0 Å². The van der Waals surface area contributed by atoms with Crippen LogP contribution < -0.4 is 0 Å². The predicted molar refractivity (Wildman–Crippen MR) is 106 cm³/mol. The number of aliphatic carboxylic acids is 1. The third-order valence-electron chi connectivity index (χ3n) is 9.97. The van der Waals surface area contributed by atoms with E-state index in [1.54, 1.807) is 0 Å². The minimum atomic E-state index is -0.673. The zero-order valence-electron chi connectivity index (χ0n) is 17.5. The molecular weight excluding hydrogens is 336 g/mol. The van der Waals surface area contributed by atoms with Gasteiger partial charge in [0, 0.05) is 18.3 Å². The quantitative estimate of drug-likeness (QED) is 0.685. The Morgan fingerprint density at radius 3 is 2.44 bits per heavy atom. The first kappa shape index (κ1) is 19.5. The van der Waals surface area contributed by atoms with Crippen LogP contribution in [-0.4, -0.2) is 16.9 Å². The van der Waals surface area contributed by atoms with Crippen molar-refractivity contribution in [3.8, 4) is 0 Å². The number of fused-ring (bicyclic) bond motifs is 5. The lowest BCUT2D eigenvalue weighted by atomic mass is 9.42. The maximum atomic E-state index is 13.8. The van der Waals surface area contributed by atoms with E-state index in [0.29, 0.717) is 34.9 Å². The monoisotopic (exact) mass is 374 g/mol. The van der Waals surface area contributed by atoms with Crippen LogP contribution in [0.3, 0.4) is 0 Å². The van der Waals surface area contributed by atoms with Gasteiger partial charge in [0.25, 0.3) is 0 Å². The van der Waals surface area contributed by atoms with Gasteiger partial charge in [-0.05, 0) is 85.9 Å². The fourth-order valence-electron chi connectivity index (χ4n) is 8.59. The van der Waals surface area contributed by atoms with Gasteiger partial charge in [-0.3, -0.25) is 9.59 Å². The van der Waals surface area contributed by atoms with Gasteiger partial charge in [-0.25, -0.2) is 0 Å². The molecule has 152 valence electrons. The molecule has 4 rings (SSSR count). The third kappa shape index (κ3) is 2.82. The maximum Gasteiger partial charge on any atom is 0.303 e. The molecule has 4 aliphatic rings. The van der Waals surface area contributed by atoms with Crippen LogP contribution in [-0.2, 0) is 9.59 Å². The van der Waals surface area contributed by atoms with Crippen molar-refractivity contribution < 1.29 is 14.7 Å². The fourth-order valence-corrected chi connectivity index (χ4v) is 8.59. The molecule has 4 saturated carbocycles. The summed E-state index contributed by atoms with van der Waals surface area (Å²) in [4.78, 5) is 24.9. The van der Waals surface area contributed by atoms with Gasteiger partial charge >= 0.3 is 5.97 Å². The second-order valence-electron chi connectivity index (χ2n) is 10.8. The molecule has 8 atom stereocenters. The molecule has 4 fully saturated rings. The normalized spacial score (nSPS) is 49.2. The topological polar surface area (TPSA) is 54.4 Å². The van der Waals surface area contributed by atoms with Crippen LogP contribution in [0.4, 0.5) is 0 Å². The first-order valence-corrected chi connectivity index (χ1v) is 11.6.